The van der Waals surface area contributed by atoms with Crippen molar-refractivity contribution in [2.24, 2.45) is 40.9 Å². The van der Waals surface area contributed by atoms with E-state index in [2.05, 4.69) is 13.8 Å². The number of rotatable bonds is 12. The molecule has 2 aliphatic heterocycles. The van der Waals surface area contributed by atoms with Gasteiger partial charge in [0.1, 0.15) is 6.10 Å². The quantitative estimate of drug-likeness (QED) is 0.185. The fraction of sp³-hybridized carbons (Fsp3) is 0.900. The van der Waals surface area contributed by atoms with Gasteiger partial charge in [-0.25, -0.2) is 0 Å². The Labute approximate surface area is 216 Å². The van der Waals surface area contributed by atoms with Gasteiger partial charge in [-0.05, 0) is 88.4 Å². The molecule has 0 aromatic carbocycles. The molecule has 10 unspecified atom stereocenters. The van der Waals surface area contributed by atoms with E-state index in [9.17, 15) is 14.4 Å². The monoisotopic (exact) mass is 502 g/mol. The van der Waals surface area contributed by atoms with Crippen LogP contribution < -0.4 is 0 Å². The van der Waals surface area contributed by atoms with E-state index < -0.39 is 0 Å². The molecule has 5 fully saturated rings. The van der Waals surface area contributed by atoms with Crippen molar-refractivity contribution in [2.75, 3.05) is 0 Å². The summed E-state index contributed by atoms with van der Waals surface area (Å²) in [5.74, 6) is 0.455. The van der Waals surface area contributed by atoms with E-state index in [0.29, 0.717) is 31.0 Å². The molecule has 3 aliphatic carbocycles. The van der Waals surface area contributed by atoms with Gasteiger partial charge >= 0.3 is 17.9 Å². The minimum atomic E-state index is -0.368. The van der Waals surface area contributed by atoms with Crippen LogP contribution in [0.15, 0.2) is 0 Å². The van der Waals surface area contributed by atoms with Crippen LogP contribution >= 0.6 is 0 Å². The van der Waals surface area contributed by atoms with Gasteiger partial charge in [-0.1, -0.05) is 40.0 Å². The maximum Gasteiger partial charge on any atom is 0.317 e. The molecule has 5 aliphatic rings. The van der Waals surface area contributed by atoms with Crippen LogP contribution in [0.1, 0.15) is 111 Å². The Morgan fingerprint density at radius 3 is 2.36 bits per heavy atom. The fourth-order valence-corrected chi connectivity index (χ4v) is 8.04. The molecule has 3 saturated carbocycles. The molecular weight excluding hydrogens is 456 g/mol. The number of fused-ring (bicyclic) bond motifs is 3. The minimum Gasteiger partial charge on any atom is -0.462 e. The SMILES string of the molecule is CCC(CCCC1C(=O)OC(=O)C1CCCC(C)C1CCC2OC2C1)C(=O)OC1CC2CCC1(C)C2. The molecular formula is C30H46O6. The second-order valence-electron chi connectivity index (χ2n) is 13.1. The number of hydrogen-bond donors (Lipinski definition) is 0. The van der Waals surface area contributed by atoms with E-state index in [1.54, 1.807) is 0 Å². The maximum atomic E-state index is 12.9. The zero-order valence-electron chi connectivity index (χ0n) is 22.5. The summed E-state index contributed by atoms with van der Waals surface area (Å²) in [6, 6.07) is 0. The van der Waals surface area contributed by atoms with Crippen molar-refractivity contribution in [2.45, 2.75) is 129 Å². The van der Waals surface area contributed by atoms with Crippen molar-refractivity contribution >= 4 is 17.9 Å². The molecule has 0 aromatic heterocycles. The number of hydrogen-bond acceptors (Lipinski definition) is 6. The molecule has 10 atom stereocenters. The lowest BCUT2D eigenvalue weighted by molar-refractivity contribution is -0.160. The average Bonchev–Trinajstić information content (AvgIpc) is 3.34. The Morgan fingerprint density at radius 2 is 1.75 bits per heavy atom. The van der Waals surface area contributed by atoms with E-state index >= 15 is 0 Å². The average molecular weight is 503 g/mol. The summed E-state index contributed by atoms with van der Waals surface area (Å²) < 4.78 is 16.8. The predicted molar refractivity (Wildman–Crippen MR) is 135 cm³/mol. The van der Waals surface area contributed by atoms with Gasteiger partial charge in [-0.3, -0.25) is 14.4 Å². The normalized spacial score (nSPS) is 40.6. The topological polar surface area (TPSA) is 82.2 Å². The number of carbonyl (C=O) groups excluding carboxylic acids is 3. The van der Waals surface area contributed by atoms with Crippen molar-refractivity contribution < 1.29 is 28.6 Å². The smallest absolute Gasteiger partial charge is 0.317 e. The zero-order chi connectivity index (χ0) is 25.4. The first-order valence-electron chi connectivity index (χ1n) is 14.9. The third kappa shape index (κ3) is 5.54. The van der Waals surface area contributed by atoms with Crippen LogP contribution in [-0.4, -0.2) is 36.2 Å². The van der Waals surface area contributed by atoms with Crippen molar-refractivity contribution in [3.63, 3.8) is 0 Å². The summed E-state index contributed by atoms with van der Waals surface area (Å²) in [5.41, 5.74) is 0.169. The Morgan fingerprint density at radius 1 is 1.03 bits per heavy atom. The largest absolute Gasteiger partial charge is 0.462 e. The summed E-state index contributed by atoms with van der Waals surface area (Å²) in [6.45, 7) is 6.63. The number of ether oxygens (including phenoxy) is 3. The highest BCUT2D eigenvalue weighted by molar-refractivity contribution is 5.96. The number of cyclic esters (lactones) is 2. The molecule has 6 nitrogen and oxygen atoms in total. The molecule has 6 heteroatoms. The van der Waals surface area contributed by atoms with Gasteiger partial charge in [-0.2, -0.15) is 0 Å². The van der Waals surface area contributed by atoms with E-state index in [-0.39, 0.29) is 47.2 Å². The molecule has 0 radical (unpaired) electrons. The van der Waals surface area contributed by atoms with E-state index in [1.165, 1.54) is 38.5 Å². The number of epoxide rings is 1. The standard InChI is InChI=1S/C30H46O6/c1-4-20(27(31)35-26-15-19-13-14-30(26,3)17-19)8-6-10-23-22(28(32)36-29(23)33)9-5-7-18(2)21-11-12-24-25(16-21)34-24/h18-26H,4-17H2,1-3H3. The van der Waals surface area contributed by atoms with Gasteiger partial charge in [-0.15, -0.1) is 0 Å². The summed E-state index contributed by atoms with van der Waals surface area (Å²) in [7, 11) is 0. The molecule has 0 aromatic rings. The highest BCUT2D eigenvalue weighted by Crippen LogP contribution is 2.55. The summed E-state index contributed by atoms with van der Waals surface area (Å²) >= 11 is 0. The number of carbonyl (C=O) groups is 3. The molecule has 36 heavy (non-hydrogen) atoms. The second-order valence-corrected chi connectivity index (χ2v) is 13.1. The van der Waals surface area contributed by atoms with Crippen LogP contribution in [0.5, 0.6) is 0 Å². The van der Waals surface area contributed by atoms with Crippen LogP contribution in [0.3, 0.4) is 0 Å². The molecule has 202 valence electrons. The van der Waals surface area contributed by atoms with Crippen LogP contribution in [0, 0.1) is 40.9 Å². The molecule has 0 amide bonds. The highest BCUT2D eigenvalue weighted by atomic mass is 16.6. The fourth-order valence-electron chi connectivity index (χ4n) is 8.04. The molecule has 2 heterocycles. The molecule has 0 N–H and O–H groups in total. The Kier molecular flexibility index (Phi) is 7.82. The molecule has 0 spiro atoms. The summed E-state index contributed by atoms with van der Waals surface area (Å²) in [5, 5.41) is 0. The van der Waals surface area contributed by atoms with Gasteiger partial charge in [0.15, 0.2) is 0 Å². The molecule has 5 rings (SSSR count). The van der Waals surface area contributed by atoms with Gasteiger partial charge < -0.3 is 14.2 Å². The minimum absolute atomic E-state index is 0.0684. The third-order valence-electron chi connectivity index (χ3n) is 10.7. The highest BCUT2D eigenvalue weighted by Gasteiger charge is 2.51. The molecule has 2 saturated heterocycles. The summed E-state index contributed by atoms with van der Waals surface area (Å²) in [6.07, 6.45) is 14.9. The first-order valence-corrected chi connectivity index (χ1v) is 14.9. The van der Waals surface area contributed by atoms with Gasteiger partial charge in [0.2, 0.25) is 0 Å². The third-order valence-corrected chi connectivity index (χ3v) is 10.7. The van der Waals surface area contributed by atoms with Gasteiger partial charge in [0.25, 0.3) is 0 Å². The number of esters is 3. The van der Waals surface area contributed by atoms with Gasteiger partial charge in [0.05, 0.1) is 30.0 Å². The maximum absolute atomic E-state index is 12.9. The van der Waals surface area contributed by atoms with Crippen molar-refractivity contribution in [1.29, 1.82) is 0 Å². The predicted octanol–water partition coefficient (Wildman–Crippen LogP) is 5.99. The van der Waals surface area contributed by atoms with Crippen molar-refractivity contribution in [3.8, 4) is 0 Å². The van der Waals surface area contributed by atoms with Crippen molar-refractivity contribution in [3.05, 3.63) is 0 Å². The Hall–Kier alpha value is -1.43. The lowest BCUT2D eigenvalue weighted by atomic mass is 9.78. The Bertz CT molecular complexity index is 839. The van der Waals surface area contributed by atoms with Crippen molar-refractivity contribution in [1.82, 2.24) is 0 Å². The van der Waals surface area contributed by atoms with Gasteiger partial charge in [0, 0.05) is 5.41 Å². The van der Waals surface area contributed by atoms with E-state index in [0.717, 1.165) is 50.4 Å². The summed E-state index contributed by atoms with van der Waals surface area (Å²) in [4.78, 5) is 37.8. The first kappa shape index (κ1) is 26.2. The van der Waals surface area contributed by atoms with Crippen LogP contribution in [0.2, 0.25) is 0 Å². The first-order chi connectivity index (χ1) is 17.3. The van der Waals surface area contributed by atoms with Crippen LogP contribution in [0.25, 0.3) is 0 Å². The van der Waals surface area contributed by atoms with E-state index in [1.807, 2.05) is 6.92 Å². The lowest BCUT2D eigenvalue weighted by Gasteiger charge is -2.32. The zero-order valence-corrected chi connectivity index (χ0v) is 22.5. The van der Waals surface area contributed by atoms with Crippen LogP contribution in [-0.2, 0) is 28.6 Å². The lowest BCUT2D eigenvalue weighted by Crippen LogP contribution is -2.34. The second kappa shape index (κ2) is 10.7. The van der Waals surface area contributed by atoms with E-state index in [4.69, 9.17) is 14.2 Å². The molecule has 2 bridgehead atoms. The van der Waals surface area contributed by atoms with Crippen LogP contribution in [0.4, 0.5) is 0 Å². The Balaban J connectivity index is 1.05.